The van der Waals surface area contributed by atoms with Gasteiger partial charge in [0.2, 0.25) is 0 Å². The number of thiazole rings is 1. The molecule has 7 nitrogen and oxygen atoms in total. The highest BCUT2D eigenvalue weighted by Gasteiger charge is 2.32. The van der Waals surface area contributed by atoms with Crippen LogP contribution in [0.1, 0.15) is 44.6 Å². The topological polar surface area (TPSA) is 90.1 Å². The highest BCUT2D eigenvalue weighted by atomic mass is 35.5. The fourth-order valence-electron chi connectivity index (χ4n) is 5.25. The van der Waals surface area contributed by atoms with E-state index in [1.54, 1.807) is 36.5 Å². The van der Waals surface area contributed by atoms with E-state index in [-0.39, 0.29) is 0 Å². The van der Waals surface area contributed by atoms with Crippen molar-refractivity contribution in [2.24, 2.45) is 0 Å². The number of carbonyl (C=O) groups is 1. The van der Waals surface area contributed by atoms with E-state index >= 15 is 0 Å². The van der Waals surface area contributed by atoms with Crippen LogP contribution in [-0.2, 0) is 9.53 Å². The maximum absolute atomic E-state index is 13.3. The summed E-state index contributed by atoms with van der Waals surface area (Å²) in [5, 5.41) is 16.0. The molecule has 11 heteroatoms. The number of alkyl halides is 2. The number of fused-ring (bicyclic) bond motifs is 2. The lowest BCUT2D eigenvalue weighted by Gasteiger charge is -2.28. The van der Waals surface area contributed by atoms with Crippen molar-refractivity contribution in [3.63, 3.8) is 0 Å². The molecule has 0 radical (unpaired) electrons. The summed E-state index contributed by atoms with van der Waals surface area (Å²) < 4.78 is 34.2. The lowest BCUT2D eigenvalue weighted by Crippen LogP contribution is -2.28. The van der Waals surface area contributed by atoms with Gasteiger partial charge in [0.05, 0.1) is 33.2 Å². The van der Waals surface area contributed by atoms with Crippen LogP contribution in [0.5, 0.6) is 0 Å². The first-order valence-corrected chi connectivity index (χ1v) is 14.9. The van der Waals surface area contributed by atoms with Gasteiger partial charge in [-0.1, -0.05) is 29.8 Å². The minimum Gasteiger partial charge on any atom is -0.479 e. The Hall–Kier alpha value is -4.25. The third-order valence-corrected chi connectivity index (χ3v) is 8.49. The molecule has 224 valence electrons. The molecule has 0 saturated heterocycles. The molecule has 0 aliphatic heterocycles. The molecule has 3 heterocycles. The van der Waals surface area contributed by atoms with Crippen LogP contribution < -0.4 is 0 Å². The van der Waals surface area contributed by atoms with Gasteiger partial charge in [0.25, 0.3) is 0 Å². The number of rotatable bonds is 7. The Morgan fingerprint density at radius 1 is 1.02 bits per heavy atom. The third-order valence-electron chi connectivity index (χ3n) is 7.10. The highest BCUT2D eigenvalue weighted by molar-refractivity contribution is 7.22. The van der Waals surface area contributed by atoms with E-state index < -0.39 is 24.2 Å². The molecule has 0 spiro atoms. The lowest BCUT2D eigenvalue weighted by molar-refractivity contribution is -0.160. The maximum Gasteiger partial charge on any atom is 0.337 e. The van der Waals surface area contributed by atoms with Gasteiger partial charge in [0.15, 0.2) is 6.10 Å². The highest BCUT2D eigenvalue weighted by Crippen LogP contribution is 2.44. The number of pyridine rings is 1. The molecule has 44 heavy (non-hydrogen) atoms. The van der Waals surface area contributed by atoms with E-state index in [2.05, 4.69) is 10.1 Å². The van der Waals surface area contributed by atoms with E-state index in [1.165, 1.54) is 17.5 Å². The van der Waals surface area contributed by atoms with Gasteiger partial charge in [-0.25, -0.2) is 14.5 Å². The molecule has 0 amide bonds. The molecule has 0 saturated carbocycles. The summed E-state index contributed by atoms with van der Waals surface area (Å²) in [6, 6.07) is 18.0. The Bertz CT molecular complexity index is 2030. The normalized spacial score (nSPS) is 12.8. The zero-order valence-electron chi connectivity index (χ0n) is 24.2. The molecule has 0 bridgehead atoms. The number of halogens is 3. The summed E-state index contributed by atoms with van der Waals surface area (Å²) in [4.78, 5) is 22.1. The van der Waals surface area contributed by atoms with E-state index in [1.807, 2.05) is 58.0 Å². The van der Waals surface area contributed by atoms with Gasteiger partial charge < -0.3 is 9.84 Å². The van der Waals surface area contributed by atoms with Gasteiger partial charge in [-0.05, 0) is 81.3 Å². The second-order valence-corrected chi connectivity index (χ2v) is 12.8. The van der Waals surface area contributed by atoms with E-state index in [0.717, 1.165) is 38.0 Å². The Kier molecular flexibility index (Phi) is 7.69. The molecular weight excluding hydrogens is 606 g/mol. The van der Waals surface area contributed by atoms with Crippen LogP contribution in [0.25, 0.3) is 54.1 Å². The smallest absolute Gasteiger partial charge is 0.337 e. The third kappa shape index (κ3) is 5.68. The Labute approximate surface area is 260 Å². The zero-order valence-corrected chi connectivity index (χ0v) is 25.8. The number of nitrogens with zero attached hydrogens (tertiary/aromatic N) is 4. The number of hydrogen-bond acceptors (Lipinski definition) is 6. The minimum absolute atomic E-state index is 0.335. The molecular formula is C33H27ClF2N4O3S. The van der Waals surface area contributed by atoms with Crippen LogP contribution in [0.3, 0.4) is 0 Å². The van der Waals surface area contributed by atoms with Gasteiger partial charge in [-0.15, -0.1) is 11.3 Å². The summed E-state index contributed by atoms with van der Waals surface area (Å²) in [6.45, 7) is 4.62. The number of carboxylic acid groups (broad SMARTS) is 1. The first-order valence-electron chi connectivity index (χ1n) is 13.7. The summed E-state index contributed by atoms with van der Waals surface area (Å²) in [7, 11) is 0. The second kappa shape index (κ2) is 11.4. The quantitative estimate of drug-likeness (QED) is 0.189. The minimum atomic E-state index is -2.73. The van der Waals surface area contributed by atoms with Crippen molar-refractivity contribution in [2.75, 3.05) is 0 Å². The van der Waals surface area contributed by atoms with Crippen molar-refractivity contribution in [1.29, 1.82) is 0 Å². The predicted molar refractivity (Wildman–Crippen MR) is 169 cm³/mol. The van der Waals surface area contributed by atoms with Crippen molar-refractivity contribution in [1.82, 2.24) is 19.7 Å². The monoisotopic (exact) mass is 632 g/mol. The first kappa shape index (κ1) is 29.8. The Balaban J connectivity index is 1.50. The van der Waals surface area contributed by atoms with Gasteiger partial charge in [-0.3, -0.25) is 4.98 Å². The summed E-state index contributed by atoms with van der Waals surface area (Å²) in [6.07, 6.45) is 1.87. The van der Waals surface area contributed by atoms with Crippen LogP contribution in [0.15, 0.2) is 73.1 Å². The molecule has 3 aromatic heterocycles. The van der Waals surface area contributed by atoms with Crippen LogP contribution >= 0.6 is 22.9 Å². The molecule has 1 N–H and O–H groups in total. The Morgan fingerprint density at radius 2 is 1.75 bits per heavy atom. The second-order valence-electron chi connectivity index (χ2n) is 11.4. The SMILES string of the molecule is Cc1cc2nc(-c3ccnc(-c4ccc5c(cnn5C(F)F)c4)c3)sc2c(-c2ccc(Cl)cc2)c1[C@H](OC(C)(C)C)C(=O)O. The molecule has 0 aliphatic carbocycles. The zero-order chi connectivity index (χ0) is 31.3. The molecule has 3 aromatic carbocycles. The van der Waals surface area contributed by atoms with E-state index in [9.17, 15) is 18.7 Å². The molecule has 0 aliphatic rings. The van der Waals surface area contributed by atoms with Crippen molar-refractivity contribution >= 4 is 50.0 Å². The van der Waals surface area contributed by atoms with Crippen molar-refractivity contribution in [3.8, 4) is 33.0 Å². The van der Waals surface area contributed by atoms with Crippen molar-refractivity contribution in [2.45, 2.75) is 45.9 Å². The largest absolute Gasteiger partial charge is 0.479 e. The maximum atomic E-state index is 13.3. The number of benzene rings is 3. The van der Waals surface area contributed by atoms with Gasteiger partial charge >= 0.3 is 12.5 Å². The average Bonchev–Trinajstić information content (AvgIpc) is 3.59. The van der Waals surface area contributed by atoms with Gasteiger partial charge in [-0.2, -0.15) is 13.9 Å². The lowest BCUT2D eigenvalue weighted by atomic mass is 9.91. The standard InChI is InChI=1S/C33H27ClF2N4O3S/c1-17-13-24-29(27(18-5-8-22(34)9-6-18)26(17)28(31(41)42)43-33(2,3)4)44-30(39-24)20-11-12-37-23(15-20)19-7-10-25-21(14-19)16-38-40(25)32(35)36/h5-16,28,32H,1-4H3,(H,41,42)/t28-/m0/s1. The number of aliphatic carboxylic acids is 1. The van der Waals surface area contributed by atoms with Crippen LogP contribution in [0, 0.1) is 6.92 Å². The Morgan fingerprint density at radius 3 is 2.43 bits per heavy atom. The predicted octanol–water partition coefficient (Wildman–Crippen LogP) is 9.34. The number of ether oxygens (including phenoxy) is 1. The van der Waals surface area contributed by atoms with E-state index in [0.29, 0.717) is 36.9 Å². The van der Waals surface area contributed by atoms with Crippen LogP contribution in [-0.4, -0.2) is 36.4 Å². The van der Waals surface area contributed by atoms with Gasteiger partial charge in [0.1, 0.15) is 5.01 Å². The van der Waals surface area contributed by atoms with Crippen LogP contribution in [0.4, 0.5) is 8.78 Å². The van der Waals surface area contributed by atoms with E-state index in [4.69, 9.17) is 21.3 Å². The molecule has 6 rings (SSSR count). The summed E-state index contributed by atoms with van der Waals surface area (Å²) >= 11 is 7.65. The molecule has 6 aromatic rings. The fourth-order valence-corrected chi connectivity index (χ4v) is 6.50. The average molecular weight is 633 g/mol. The number of carboxylic acids is 1. The number of hydrogen-bond donors (Lipinski definition) is 1. The van der Waals surface area contributed by atoms with Crippen molar-refractivity contribution in [3.05, 3.63) is 89.2 Å². The van der Waals surface area contributed by atoms with Gasteiger partial charge in [0, 0.05) is 38.9 Å². The van der Waals surface area contributed by atoms with Crippen LogP contribution in [0.2, 0.25) is 5.02 Å². The van der Waals surface area contributed by atoms with Crippen molar-refractivity contribution < 1.29 is 23.4 Å². The first-order chi connectivity index (χ1) is 20.9. The fraction of sp³-hybridized carbons (Fsp3) is 0.212. The number of aromatic nitrogens is 4. The number of aryl methyl sites for hydroxylation is 1. The summed E-state index contributed by atoms with van der Waals surface area (Å²) in [5.41, 5.74) is 5.37. The molecule has 0 unspecified atom stereocenters. The summed E-state index contributed by atoms with van der Waals surface area (Å²) in [5.74, 6) is -1.09. The molecule has 1 atom stereocenters. The molecule has 0 fully saturated rings.